The van der Waals surface area contributed by atoms with Gasteiger partial charge in [0.15, 0.2) is 0 Å². The Morgan fingerprint density at radius 2 is 1.78 bits per heavy atom. The SMILES string of the molecule is Oc1cccc(C=NN2CCN(Cc3ccc(Cl)cc3)CC2)c1. The predicted molar refractivity (Wildman–Crippen MR) is 94.0 cm³/mol. The maximum atomic E-state index is 9.45. The van der Waals surface area contributed by atoms with Crippen molar-refractivity contribution in [3.8, 4) is 5.75 Å². The number of hydrogen-bond donors (Lipinski definition) is 1. The molecule has 0 saturated carbocycles. The minimum absolute atomic E-state index is 0.265. The summed E-state index contributed by atoms with van der Waals surface area (Å²) >= 11 is 5.92. The van der Waals surface area contributed by atoms with Crippen LogP contribution in [0, 0.1) is 0 Å². The van der Waals surface area contributed by atoms with Crippen molar-refractivity contribution in [1.29, 1.82) is 0 Å². The van der Waals surface area contributed by atoms with Crippen LogP contribution in [0.3, 0.4) is 0 Å². The molecule has 2 aromatic carbocycles. The summed E-state index contributed by atoms with van der Waals surface area (Å²) in [4.78, 5) is 2.42. The van der Waals surface area contributed by atoms with E-state index >= 15 is 0 Å². The highest BCUT2D eigenvalue weighted by molar-refractivity contribution is 6.30. The molecule has 1 N–H and O–H groups in total. The molecule has 0 spiro atoms. The van der Waals surface area contributed by atoms with E-state index in [2.05, 4.69) is 27.1 Å². The highest BCUT2D eigenvalue weighted by Gasteiger charge is 2.15. The molecule has 4 nitrogen and oxygen atoms in total. The van der Waals surface area contributed by atoms with Crippen LogP contribution in [0.5, 0.6) is 5.75 Å². The molecule has 0 unspecified atom stereocenters. The third kappa shape index (κ3) is 4.71. The number of phenols is 1. The van der Waals surface area contributed by atoms with Crippen LogP contribution in [0.2, 0.25) is 5.02 Å². The first kappa shape index (κ1) is 15.8. The smallest absolute Gasteiger partial charge is 0.116 e. The van der Waals surface area contributed by atoms with Crippen molar-refractivity contribution in [3.63, 3.8) is 0 Å². The van der Waals surface area contributed by atoms with Crippen LogP contribution in [-0.2, 0) is 6.54 Å². The van der Waals surface area contributed by atoms with E-state index in [9.17, 15) is 5.11 Å². The summed E-state index contributed by atoms with van der Waals surface area (Å²) < 4.78 is 0. The van der Waals surface area contributed by atoms with Crippen molar-refractivity contribution < 1.29 is 5.11 Å². The summed E-state index contributed by atoms with van der Waals surface area (Å²) in [6, 6.07) is 15.1. The lowest BCUT2D eigenvalue weighted by molar-refractivity contribution is 0.131. The van der Waals surface area contributed by atoms with Gasteiger partial charge in [-0.1, -0.05) is 35.9 Å². The van der Waals surface area contributed by atoms with Crippen LogP contribution in [0.4, 0.5) is 0 Å². The van der Waals surface area contributed by atoms with Crippen LogP contribution >= 0.6 is 11.6 Å². The molecule has 23 heavy (non-hydrogen) atoms. The minimum Gasteiger partial charge on any atom is -0.508 e. The highest BCUT2D eigenvalue weighted by atomic mass is 35.5. The molecule has 2 aromatic rings. The highest BCUT2D eigenvalue weighted by Crippen LogP contribution is 2.13. The van der Waals surface area contributed by atoms with Crippen molar-refractivity contribution in [2.75, 3.05) is 26.2 Å². The van der Waals surface area contributed by atoms with E-state index < -0.39 is 0 Å². The van der Waals surface area contributed by atoms with Gasteiger partial charge in [0.05, 0.1) is 6.21 Å². The fraction of sp³-hybridized carbons (Fsp3) is 0.278. The molecular formula is C18H20ClN3O. The van der Waals surface area contributed by atoms with Crippen LogP contribution in [0.1, 0.15) is 11.1 Å². The number of rotatable bonds is 4. The molecule has 3 rings (SSSR count). The maximum Gasteiger partial charge on any atom is 0.116 e. The van der Waals surface area contributed by atoms with Gasteiger partial charge in [-0.2, -0.15) is 5.10 Å². The zero-order chi connectivity index (χ0) is 16.1. The van der Waals surface area contributed by atoms with E-state index in [1.54, 1.807) is 18.3 Å². The third-order valence-electron chi connectivity index (χ3n) is 3.91. The van der Waals surface area contributed by atoms with E-state index in [-0.39, 0.29) is 5.75 Å². The lowest BCUT2D eigenvalue weighted by Gasteiger charge is -2.33. The van der Waals surface area contributed by atoms with Gasteiger partial charge in [-0.05, 0) is 35.4 Å². The maximum absolute atomic E-state index is 9.45. The zero-order valence-electron chi connectivity index (χ0n) is 12.9. The second-order valence-corrected chi connectivity index (χ2v) is 6.13. The Kier molecular flexibility index (Phi) is 5.16. The van der Waals surface area contributed by atoms with Gasteiger partial charge in [0.1, 0.15) is 5.75 Å². The van der Waals surface area contributed by atoms with E-state index in [0.717, 1.165) is 43.3 Å². The van der Waals surface area contributed by atoms with Crippen molar-refractivity contribution >= 4 is 17.8 Å². The van der Waals surface area contributed by atoms with E-state index in [1.807, 2.05) is 24.3 Å². The van der Waals surface area contributed by atoms with Gasteiger partial charge in [0, 0.05) is 37.7 Å². The Morgan fingerprint density at radius 1 is 1.04 bits per heavy atom. The quantitative estimate of drug-likeness (QED) is 0.876. The number of halogens is 1. The Hall–Kier alpha value is -2.04. The average Bonchev–Trinajstić information content (AvgIpc) is 2.56. The Labute approximate surface area is 141 Å². The molecule has 1 aliphatic heterocycles. The fourth-order valence-corrected chi connectivity index (χ4v) is 2.74. The van der Waals surface area contributed by atoms with Crippen LogP contribution in [0.25, 0.3) is 0 Å². The molecule has 0 amide bonds. The first-order valence-corrected chi connectivity index (χ1v) is 8.11. The summed E-state index contributed by atoms with van der Waals surface area (Å²) in [7, 11) is 0. The van der Waals surface area contributed by atoms with Gasteiger partial charge in [0.25, 0.3) is 0 Å². The zero-order valence-corrected chi connectivity index (χ0v) is 13.7. The normalized spacial score (nSPS) is 16.1. The Balaban J connectivity index is 1.49. The van der Waals surface area contributed by atoms with Gasteiger partial charge < -0.3 is 5.11 Å². The minimum atomic E-state index is 0.265. The number of piperazine rings is 1. The summed E-state index contributed by atoms with van der Waals surface area (Å²) in [5.74, 6) is 0.265. The standard InChI is InChI=1S/C18H20ClN3O/c19-17-6-4-15(5-7-17)14-21-8-10-22(11-9-21)20-13-16-2-1-3-18(23)12-16/h1-7,12-13,23H,8-11,14H2. The molecule has 1 fully saturated rings. The lowest BCUT2D eigenvalue weighted by atomic mass is 10.2. The summed E-state index contributed by atoms with van der Waals surface area (Å²) in [6.07, 6.45) is 1.80. The number of phenolic OH excluding ortho intramolecular Hbond substituents is 1. The van der Waals surface area contributed by atoms with Crippen LogP contribution < -0.4 is 0 Å². The predicted octanol–water partition coefficient (Wildman–Crippen LogP) is 3.20. The first-order chi connectivity index (χ1) is 11.2. The average molecular weight is 330 g/mol. The lowest BCUT2D eigenvalue weighted by Crippen LogP contribution is -2.43. The second-order valence-electron chi connectivity index (χ2n) is 5.70. The first-order valence-electron chi connectivity index (χ1n) is 7.74. The molecular weight excluding hydrogens is 310 g/mol. The molecule has 5 heteroatoms. The number of aromatic hydroxyl groups is 1. The van der Waals surface area contributed by atoms with E-state index in [0.29, 0.717) is 0 Å². The van der Waals surface area contributed by atoms with Gasteiger partial charge in [-0.3, -0.25) is 9.91 Å². The molecule has 120 valence electrons. The van der Waals surface area contributed by atoms with Crippen molar-refractivity contribution in [2.45, 2.75) is 6.54 Å². The number of hydrogen-bond acceptors (Lipinski definition) is 4. The summed E-state index contributed by atoms with van der Waals surface area (Å²) in [6.45, 7) is 4.73. The topological polar surface area (TPSA) is 39.1 Å². The van der Waals surface area contributed by atoms with Gasteiger partial charge in [-0.15, -0.1) is 0 Å². The van der Waals surface area contributed by atoms with Crippen molar-refractivity contribution in [3.05, 3.63) is 64.7 Å². The molecule has 1 aliphatic rings. The van der Waals surface area contributed by atoms with Crippen LogP contribution in [0.15, 0.2) is 53.6 Å². The van der Waals surface area contributed by atoms with Gasteiger partial charge in [0.2, 0.25) is 0 Å². The number of hydrazone groups is 1. The molecule has 1 saturated heterocycles. The fourth-order valence-electron chi connectivity index (χ4n) is 2.61. The van der Waals surface area contributed by atoms with Crippen LogP contribution in [-0.4, -0.2) is 47.4 Å². The third-order valence-corrected chi connectivity index (χ3v) is 4.16. The Bertz CT molecular complexity index is 664. The second kappa shape index (κ2) is 7.49. The van der Waals surface area contributed by atoms with E-state index in [1.165, 1.54) is 5.56 Å². The summed E-state index contributed by atoms with van der Waals surface area (Å²) in [5, 5.41) is 16.8. The molecule has 0 aliphatic carbocycles. The molecule has 0 bridgehead atoms. The van der Waals surface area contributed by atoms with Gasteiger partial charge in [-0.25, -0.2) is 0 Å². The van der Waals surface area contributed by atoms with Crippen molar-refractivity contribution in [2.24, 2.45) is 5.10 Å². The monoisotopic (exact) mass is 329 g/mol. The van der Waals surface area contributed by atoms with E-state index in [4.69, 9.17) is 11.6 Å². The molecule has 1 heterocycles. The summed E-state index contributed by atoms with van der Waals surface area (Å²) in [5.41, 5.74) is 2.19. The Morgan fingerprint density at radius 3 is 2.48 bits per heavy atom. The number of nitrogens with zero attached hydrogens (tertiary/aromatic N) is 3. The van der Waals surface area contributed by atoms with Gasteiger partial charge >= 0.3 is 0 Å². The molecule has 0 radical (unpaired) electrons. The van der Waals surface area contributed by atoms with Crippen molar-refractivity contribution in [1.82, 2.24) is 9.91 Å². The largest absolute Gasteiger partial charge is 0.508 e. The molecule has 0 atom stereocenters. The number of benzene rings is 2. The molecule has 0 aromatic heterocycles.